The van der Waals surface area contributed by atoms with Crippen LogP contribution in [0.4, 0.5) is 5.69 Å². The first-order chi connectivity index (χ1) is 13.6. The van der Waals surface area contributed by atoms with E-state index in [4.69, 9.17) is 0 Å². The summed E-state index contributed by atoms with van der Waals surface area (Å²) < 4.78 is 0. The Hall–Kier alpha value is -3.75. The Morgan fingerprint density at radius 3 is 2.82 bits per heavy atom. The maximum Gasteiger partial charge on any atom is 0.255 e. The lowest BCUT2D eigenvalue weighted by molar-refractivity contribution is 0.0950. The quantitative estimate of drug-likeness (QED) is 0.410. The summed E-state index contributed by atoms with van der Waals surface area (Å²) in [6.45, 7) is 4.32. The van der Waals surface area contributed by atoms with E-state index < -0.39 is 0 Å². The molecule has 4 rings (SSSR count). The molecule has 0 fully saturated rings. The van der Waals surface area contributed by atoms with Crippen molar-refractivity contribution >= 4 is 22.5 Å². The minimum absolute atomic E-state index is 0.143. The lowest BCUT2D eigenvalue weighted by atomic mass is 10.0. The topological polar surface area (TPSA) is 124 Å². The number of carbonyl (C=O) groups excluding carboxylic acids is 1. The molecular weight excluding hydrogens is 356 g/mol. The van der Waals surface area contributed by atoms with Gasteiger partial charge in [0, 0.05) is 29.4 Å². The molecule has 4 N–H and O–H groups in total. The van der Waals surface area contributed by atoms with E-state index >= 15 is 0 Å². The molecule has 9 nitrogen and oxygen atoms in total. The number of carbonyl (C=O) groups is 1. The molecule has 0 aliphatic carbocycles. The third-order valence-electron chi connectivity index (χ3n) is 4.26. The number of hydrogen-bond acceptors (Lipinski definition) is 6. The highest BCUT2D eigenvalue weighted by Gasteiger charge is 2.17. The largest absolute Gasteiger partial charge is 0.382 e. The summed E-state index contributed by atoms with van der Waals surface area (Å²) >= 11 is 0. The molecule has 0 saturated carbocycles. The second-order valence-corrected chi connectivity index (χ2v) is 6.68. The first-order valence-electron chi connectivity index (χ1n) is 8.93. The number of aromatic amines is 2. The van der Waals surface area contributed by atoms with Crippen molar-refractivity contribution in [1.29, 1.82) is 0 Å². The van der Waals surface area contributed by atoms with E-state index in [0.717, 1.165) is 27.7 Å². The smallest absolute Gasteiger partial charge is 0.255 e. The average molecular weight is 376 g/mol. The molecule has 0 unspecified atom stereocenters. The predicted octanol–water partition coefficient (Wildman–Crippen LogP) is 2.49. The van der Waals surface area contributed by atoms with Gasteiger partial charge in [-0.25, -0.2) is 0 Å². The number of amides is 1. The average Bonchev–Trinajstić information content (AvgIpc) is 3.39. The number of fused-ring (bicyclic) bond motifs is 1. The highest BCUT2D eigenvalue weighted by molar-refractivity contribution is 6.07. The van der Waals surface area contributed by atoms with Gasteiger partial charge < -0.3 is 15.6 Å². The molecular formula is C19H20N8O. The van der Waals surface area contributed by atoms with Crippen LogP contribution in [0.5, 0.6) is 0 Å². The minimum atomic E-state index is -0.234. The molecule has 0 spiro atoms. The third kappa shape index (κ3) is 3.54. The summed E-state index contributed by atoms with van der Waals surface area (Å²) in [4.78, 5) is 20.2. The van der Waals surface area contributed by atoms with E-state index in [1.54, 1.807) is 12.4 Å². The Bertz CT molecular complexity index is 1090. The van der Waals surface area contributed by atoms with E-state index in [0.29, 0.717) is 11.4 Å². The fraction of sp³-hybridized carbons (Fsp3) is 0.211. The molecule has 0 bridgehead atoms. The first kappa shape index (κ1) is 17.7. The zero-order valence-corrected chi connectivity index (χ0v) is 15.5. The van der Waals surface area contributed by atoms with Crippen LogP contribution in [-0.2, 0) is 6.54 Å². The normalized spacial score (nSPS) is 11.1. The Labute approximate surface area is 161 Å². The number of hydrogen-bond donors (Lipinski definition) is 4. The molecule has 4 aromatic rings. The number of anilines is 1. The van der Waals surface area contributed by atoms with Gasteiger partial charge in [-0.3, -0.25) is 14.9 Å². The van der Waals surface area contributed by atoms with Crippen LogP contribution >= 0.6 is 0 Å². The van der Waals surface area contributed by atoms with Crippen LogP contribution in [-0.4, -0.2) is 42.3 Å². The van der Waals surface area contributed by atoms with Crippen molar-refractivity contribution in [2.24, 2.45) is 0 Å². The van der Waals surface area contributed by atoms with Crippen molar-refractivity contribution in [1.82, 2.24) is 35.7 Å². The Morgan fingerprint density at radius 1 is 1.21 bits per heavy atom. The highest BCUT2D eigenvalue weighted by atomic mass is 16.1. The maximum absolute atomic E-state index is 12.8. The number of H-pyrrole nitrogens is 2. The fourth-order valence-electron chi connectivity index (χ4n) is 2.97. The van der Waals surface area contributed by atoms with Crippen molar-refractivity contribution in [2.75, 3.05) is 5.32 Å². The molecule has 0 saturated heterocycles. The summed E-state index contributed by atoms with van der Waals surface area (Å²) in [6, 6.07) is 6.09. The Balaban J connectivity index is 1.75. The van der Waals surface area contributed by atoms with Crippen molar-refractivity contribution in [3.05, 3.63) is 54.5 Å². The molecule has 3 heterocycles. The van der Waals surface area contributed by atoms with Crippen LogP contribution < -0.4 is 10.6 Å². The highest BCUT2D eigenvalue weighted by Crippen LogP contribution is 2.30. The molecule has 142 valence electrons. The van der Waals surface area contributed by atoms with E-state index in [1.807, 2.05) is 38.2 Å². The number of pyridine rings is 1. The van der Waals surface area contributed by atoms with Gasteiger partial charge in [-0.1, -0.05) is 6.07 Å². The molecule has 3 aromatic heterocycles. The van der Waals surface area contributed by atoms with Gasteiger partial charge in [-0.05, 0) is 31.5 Å². The number of benzene rings is 1. The predicted molar refractivity (Wildman–Crippen MR) is 106 cm³/mol. The second-order valence-electron chi connectivity index (χ2n) is 6.68. The minimum Gasteiger partial charge on any atom is -0.382 e. The standard InChI is InChI=1S/C19H20N8O/c1-11(2)26-18-14-5-12(13-6-23-24-7-13)3-4-16(14)20-8-15(18)19(28)21-9-17-22-10-25-27-17/h3-8,10-11H,9H2,1-2H3,(H,20,26)(H,21,28)(H,23,24)(H,22,25,27). The molecule has 1 aromatic carbocycles. The summed E-state index contributed by atoms with van der Waals surface area (Å²) in [5.74, 6) is 0.352. The second kappa shape index (κ2) is 7.47. The van der Waals surface area contributed by atoms with Gasteiger partial charge in [0.2, 0.25) is 0 Å². The van der Waals surface area contributed by atoms with Gasteiger partial charge in [-0.15, -0.1) is 10.2 Å². The van der Waals surface area contributed by atoms with Crippen molar-refractivity contribution in [2.45, 2.75) is 26.4 Å². The van der Waals surface area contributed by atoms with Crippen molar-refractivity contribution in [3.8, 4) is 11.1 Å². The molecule has 9 heteroatoms. The zero-order valence-electron chi connectivity index (χ0n) is 15.5. The van der Waals surface area contributed by atoms with Gasteiger partial charge in [0.15, 0.2) is 0 Å². The lowest BCUT2D eigenvalue weighted by Crippen LogP contribution is -2.25. The summed E-state index contributed by atoms with van der Waals surface area (Å²) in [7, 11) is 0. The van der Waals surface area contributed by atoms with Crippen LogP contribution in [0.25, 0.3) is 22.0 Å². The van der Waals surface area contributed by atoms with Gasteiger partial charge in [0.1, 0.15) is 12.2 Å². The van der Waals surface area contributed by atoms with Gasteiger partial charge in [-0.2, -0.15) is 5.10 Å². The molecule has 1 amide bonds. The molecule has 0 radical (unpaired) electrons. The summed E-state index contributed by atoms with van der Waals surface area (Å²) in [5.41, 5.74) is 4.00. The van der Waals surface area contributed by atoms with Gasteiger partial charge in [0.25, 0.3) is 5.91 Å². The lowest BCUT2D eigenvalue weighted by Gasteiger charge is -2.17. The van der Waals surface area contributed by atoms with Gasteiger partial charge >= 0.3 is 0 Å². The number of aromatic nitrogens is 6. The number of nitrogens with zero attached hydrogens (tertiary/aromatic N) is 4. The van der Waals surface area contributed by atoms with E-state index in [1.165, 1.54) is 6.33 Å². The van der Waals surface area contributed by atoms with E-state index in [9.17, 15) is 4.79 Å². The molecule has 28 heavy (non-hydrogen) atoms. The fourth-order valence-corrected chi connectivity index (χ4v) is 2.97. The summed E-state index contributed by atoms with van der Waals surface area (Å²) in [5, 5.41) is 21.6. The molecule has 0 aliphatic rings. The molecule has 0 aliphatic heterocycles. The monoisotopic (exact) mass is 376 g/mol. The van der Waals surface area contributed by atoms with Crippen LogP contribution in [0, 0.1) is 0 Å². The zero-order chi connectivity index (χ0) is 19.5. The molecule has 0 atom stereocenters. The van der Waals surface area contributed by atoms with Crippen LogP contribution in [0.1, 0.15) is 30.0 Å². The number of rotatable bonds is 6. The van der Waals surface area contributed by atoms with E-state index in [-0.39, 0.29) is 18.5 Å². The Morgan fingerprint density at radius 2 is 2.11 bits per heavy atom. The van der Waals surface area contributed by atoms with Crippen LogP contribution in [0.3, 0.4) is 0 Å². The van der Waals surface area contributed by atoms with Crippen molar-refractivity contribution in [3.63, 3.8) is 0 Å². The van der Waals surface area contributed by atoms with Crippen LogP contribution in [0.15, 0.2) is 43.1 Å². The third-order valence-corrected chi connectivity index (χ3v) is 4.26. The SMILES string of the molecule is CC(C)Nc1c(C(=O)NCc2nnc[nH]2)cnc2ccc(-c3cn[nH]c3)cc12. The Kier molecular flexibility index (Phi) is 4.71. The first-order valence-corrected chi connectivity index (χ1v) is 8.93. The van der Waals surface area contributed by atoms with Crippen LogP contribution in [0.2, 0.25) is 0 Å². The maximum atomic E-state index is 12.8. The van der Waals surface area contributed by atoms with Crippen molar-refractivity contribution < 1.29 is 4.79 Å². The van der Waals surface area contributed by atoms with Gasteiger partial charge in [0.05, 0.1) is 29.5 Å². The van der Waals surface area contributed by atoms with E-state index in [2.05, 4.69) is 41.0 Å². The summed E-state index contributed by atoms with van der Waals surface area (Å²) in [6.07, 6.45) is 6.67. The number of nitrogens with one attached hydrogen (secondary N) is 4.